The first-order chi connectivity index (χ1) is 7.83. The molecular formula is C12H16ClN3. The standard InChI is InChI=1S/C12H16ClN3/c13-12-2-1-11(7-15-12)16-4-3-9-5-14-6-10(9)8-16/h1-2,7,9-10,14H,3-6,8H2. The number of aromatic nitrogens is 1. The van der Waals surface area contributed by atoms with E-state index in [0.717, 1.165) is 24.9 Å². The Balaban J connectivity index is 1.74. The van der Waals surface area contributed by atoms with Crippen molar-refractivity contribution in [1.29, 1.82) is 0 Å². The molecule has 0 saturated carbocycles. The Kier molecular flexibility index (Phi) is 2.74. The predicted molar refractivity (Wildman–Crippen MR) is 65.9 cm³/mol. The molecule has 3 heterocycles. The molecule has 0 bridgehead atoms. The lowest BCUT2D eigenvalue weighted by Crippen LogP contribution is -2.40. The van der Waals surface area contributed by atoms with Crippen LogP contribution in [-0.2, 0) is 0 Å². The second kappa shape index (κ2) is 4.22. The number of fused-ring (bicyclic) bond motifs is 1. The number of nitrogens with one attached hydrogen (secondary N) is 1. The highest BCUT2D eigenvalue weighted by molar-refractivity contribution is 6.29. The molecule has 0 amide bonds. The Morgan fingerprint density at radius 2 is 2.19 bits per heavy atom. The van der Waals surface area contributed by atoms with E-state index in [1.54, 1.807) is 0 Å². The quantitative estimate of drug-likeness (QED) is 0.755. The summed E-state index contributed by atoms with van der Waals surface area (Å²) in [5, 5.41) is 4.05. The summed E-state index contributed by atoms with van der Waals surface area (Å²) in [6.07, 6.45) is 3.17. The molecule has 1 aromatic rings. The third-order valence-electron chi connectivity index (χ3n) is 3.78. The van der Waals surface area contributed by atoms with Crippen LogP contribution in [0.4, 0.5) is 5.69 Å². The molecule has 1 N–H and O–H groups in total. The van der Waals surface area contributed by atoms with Gasteiger partial charge in [0.25, 0.3) is 0 Å². The van der Waals surface area contributed by atoms with E-state index in [2.05, 4.69) is 21.3 Å². The molecule has 2 aliphatic rings. The molecule has 3 nitrogen and oxygen atoms in total. The Morgan fingerprint density at radius 3 is 3.00 bits per heavy atom. The van der Waals surface area contributed by atoms with E-state index in [4.69, 9.17) is 11.6 Å². The zero-order chi connectivity index (χ0) is 11.0. The van der Waals surface area contributed by atoms with E-state index in [1.165, 1.54) is 25.2 Å². The fraction of sp³-hybridized carbons (Fsp3) is 0.583. The van der Waals surface area contributed by atoms with Gasteiger partial charge in [-0.15, -0.1) is 0 Å². The van der Waals surface area contributed by atoms with Gasteiger partial charge in [0.1, 0.15) is 5.15 Å². The van der Waals surface area contributed by atoms with Crippen LogP contribution in [0.25, 0.3) is 0 Å². The summed E-state index contributed by atoms with van der Waals surface area (Å²) in [6, 6.07) is 3.94. The van der Waals surface area contributed by atoms with Crippen LogP contribution in [0, 0.1) is 11.8 Å². The maximum absolute atomic E-state index is 5.80. The first-order valence-electron chi connectivity index (χ1n) is 5.90. The van der Waals surface area contributed by atoms with Crippen molar-refractivity contribution in [1.82, 2.24) is 10.3 Å². The zero-order valence-electron chi connectivity index (χ0n) is 9.19. The monoisotopic (exact) mass is 237 g/mol. The van der Waals surface area contributed by atoms with Crippen LogP contribution in [-0.4, -0.2) is 31.2 Å². The number of hydrogen-bond acceptors (Lipinski definition) is 3. The smallest absolute Gasteiger partial charge is 0.129 e. The molecular weight excluding hydrogens is 222 g/mol. The molecule has 2 fully saturated rings. The fourth-order valence-corrected chi connectivity index (χ4v) is 2.94. The van der Waals surface area contributed by atoms with Crippen molar-refractivity contribution in [2.24, 2.45) is 11.8 Å². The van der Waals surface area contributed by atoms with Gasteiger partial charge < -0.3 is 10.2 Å². The number of hydrogen-bond donors (Lipinski definition) is 1. The number of piperidine rings is 1. The molecule has 16 heavy (non-hydrogen) atoms. The van der Waals surface area contributed by atoms with Crippen molar-refractivity contribution in [2.75, 3.05) is 31.1 Å². The van der Waals surface area contributed by atoms with Crippen molar-refractivity contribution < 1.29 is 0 Å². The second-order valence-electron chi connectivity index (χ2n) is 4.75. The molecule has 0 aromatic carbocycles. The van der Waals surface area contributed by atoms with E-state index < -0.39 is 0 Å². The van der Waals surface area contributed by atoms with E-state index in [9.17, 15) is 0 Å². The Hall–Kier alpha value is -0.800. The van der Waals surface area contributed by atoms with Gasteiger partial charge in [0, 0.05) is 13.1 Å². The van der Waals surface area contributed by atoms with E-state index >= 15 is 0 Å². The lowest BCUT2D eigenvalue weighted by molar-refractivity contribution is 0.349. The molecule has 1 aromatic heterocycles. The SMILES string of the molecule is Clc1ccc(N2CCC3CNCC3C2)cn1. The van der Waals surface area contributed by atoms with Gasteiger partial charge in [-0.1, -0.05) is 11.6 Å². The van der Waals surface area contributed by atoms with Crippen molar-refractivity contribution >= 4 is 17.3 Å². The molecule has 2 aliphatic heterocycles. The Labute approximate surface area is 101 Å². The maximum atomic E-state index is 5.80. The highest BCUT2D eigenvalue weighted by Crippen LogP contribution is 2.29. The highest BCUT2D eigenvalue weighted by atomic mass is 35.5. The van der Waals surface area contributed by atoms with Gasteiger partial charge in [-0.25, -0.2) is 4.98 Å². The van der Waals surface area contributed by atoms with Crippen LogP contribution in [0.5, 0.6) is 0 Å². The molecule has 2 atom stereocenters. The largest absolute Gasteiger partial charge is 0.370 e. The van der Waals surface area contributed by atoms with Gasteiger partial charge in [-0.3, -0.25) is 0 Å². The lowest BCUT2D eigenvalue weighted by Gasteiger charge is -2.35. The van der Waals surface area contributed by atoms with Gasteiger partial charge in [-0.05, 0) is 43.5 Å². The Morgan fingerprint density at radius 1 is 1.31 bits per heavy atom. The first-order valence-corrected chi connectivity index (χ1v) is 6.28. The number of halogens is 1. The van der Waals surface area contributed by atoms with Gasteiger partial charge in [0.05, 0.1) is 11.9 Å². The van der Waals surface area contributed by atoms with Crippen LogP contribution >= 0.6 is 11.6 Å². The summed E-state index contributed by atoms with van der Waals surface area (Å²) in [5.41, 5.74) is 1.20. The van der Waals surface area contributed by atoms with Crippen LogP contribution in [0.15, 0.2) is 18.3 Å². The summed E-state index contributed by atoms with van der Waals surface area (Å²) in [6.45, 7) is 4.67. The van der Waals surface area contributed by atoms with Gasteiger partial charge in [0.2, 0.25) is 0 Å². The molecule has 86 valence electrons. The third kappa shape index (κ3) is 1.89. The van der Waals surface area contributed by atoms with Crippen molar-refractivity contribution in [3.8, 4) is 0 Å². The van der Waals surface area contributed by atoms with Crippen LogP contribution in [0.3, 0.4) is 0 Å². The van der Waals surface area contributed by atoms with E-state index in [-0.39, 0.29) is 0 Å². The molecule has 0 spiro atoms. The van der Waals surface area contributed by atoms with Gasteiger partial charge in [0.15, 0.2) is 0 Å². The maximum Gasteiger partial charge on any atom is 0.129 e. The fourth-order valence-electron chi connectivity index (χ4n) is 2.82. The predicted octanol–water partition coefficient (Wildman–Crippen LogP) is 1.78. The molecule has 2 saturated heterocycles. The van der Waals surface area contributed by atoms with Crippen molar-refractivity contribution in [2.45, 2.75) is 6.42 Å². The number of anilines is 1. The second-order valence-corrected chi connectivity index (χ2v) is 5.14. The van der Waals surface area contributed by atoms with Crippen LogP contribution in [0.2, 0.25) is 5.15 Å². The average Bonchev–Trinajstić information content (AvgIpc) is 2.77. The molecule has 0 aliphatic carbocycles. The zero-order valence-corrected chi connectivity index (χ0v) is 9.95. The minimum Gasteiger partial charge on any atom is -0.370 e. The first kappa shape index (κ1) is 10.4. The normalized spacial score (nSPS) is 29.2. The van der Waals surface area contributed by atoms with Crippen molar-refractivity contribution in [3.63, 3.8) is 0 Å². The molecule has 3 rings (SSSR count). The summed E-state index contributed by atoms with van der Waals surface area (Å²) < 4.78 is 0. The van der Waals surface area contributed by atoms with E-state index in [1.807, 2.05) is 12.3 Å². The van der Waals surface area contributed by atoms with Crippen molar-refractivity contribution in [3.05, 3.63) is 23.5 Å². The third-order valence-corrected chi connectivity index (χ3v) is 4.00. The number of rotatable bonds is 1. The minimum atomic E-state index is 0.571. The lowest BCUT2D eigenvalue weighted by atomic mass is 9.88. The van der Waals surface area contributed by atoms with Crippen LogP contribution in [0.1, 0.15) is 6.42 Å². The Bertz CT molecular complexity index is 365. The van der Waals surface area contributed by atoms with Gasteiger partial charge in [-0.2, -0.15) is 0 Å². The topological polar surface area (TPSA) is 28.2 Å². The van der Waals surface area contributed by atoms with Gasteiger partial charge >= 0.3 is 0 Å². The summed E-state index contributed by atoms with van der Waals surface area (Å²) in [5.74, 6) is 1.70. The highest BCUT2D eigenvalue weighted by Gasteiger charge is 2.32. The molecule has 2 unspecified atom stereocenters. The number of nitrogens with zero attached hydrogens (tertiary/aromatic N) is 2. The van der Waals surface area contributed by atoms with Crippen LogP contribution < -0.4 is 10.2 Å². The average molecular weight is 238 g/mol. The molecule has 4 heteroatoms. The summed E-state index contributed by atoms with van der Waals surface area (Å²) >= 11 is 5.80. The summed E-state index contributed by atoms with van der Waals surface area (Å²) in [4.78, 5) is 6.58. The summed E-state index contributed by atoms with van der Waals surface area (Å²) in [7, 11) is 0. The molecule has 0 radical (unpaired) electrons. The minimum absolute atomic E-state index is 0.571. The van der Waals surface area contributed by atoms with E-state index in [0.29, 0.717) is 5.15 Å². The number of pyridine rings is 1.